The van der Waals surface area contributed by atoms with Gasteiger partial charge in [-0.25, -0.2) is 4.98 Å². The monoisotopic (exact) mass is 162 g/mol. The topological polar surface area (TPSA) is 86.2 Å². The lowest BCUT2D eigenvalue weighted by atomic mass is 10.6. The number of hydrogen-bond donors (Lipinski definition) is 3. The van der Waals surface area contributed by atoms with Gasteiger partial charge < -0.3 is 14.8 Å². The zero-order valence-electron chi connectivity index (χ0n) is 5.06. The highest BCUT2D eigenvalue weighted by molar-refractivity contribution is 7.50. The van der Waals surface area contributed by atoms with Crippen LogP contribution in [0.4, 0.5) is 0 Å². The van der Waals surface area contributed by atoms with E-state index < -0.39 is 7.60 Å². The average molecular weight is 162 g/mol. The van der Waals surface area contributed by atoms with E-state index >= 15 is 0 Å². The molecule has 10 heavy (non-hydrogen) atoms. The number of nitrogens with one attached hydrogen (secondary N) is 1. The number of aromatic nitrogens is 2. The van der Waals surface area contributed by atoms with Gasteiger partial charge in [0.15, 0.2) is 0 Å². The summed E-state index contributed by atoms with van der Waals surface area (Å²) >= 11 is 0. The molecule has 0 unspecified atom stereocenters. The van der Waals surface area contributed by atoms with Crippen LogP contribution in [0.25, 0.3) is 0 Å². The Morgan fingerprint density at radius 1 is 1.70 bits per heavy atom. The maximum Gasteiger partial charge on any atom is 0.331 e. The molecule has 56 valence electrons. The third-order valence-corrected chi connectivity index (χ3v) is 1.68. The van der Waals surface area contributed by atoms with E-state index in [2.05, 4.69) is 9.97 Å². The van der Waals surface area contributed by atoms with Gasteiger partial charge in [0.2, 0.25) is 0 Å². The van der Waals surface area contributed by atoms with Crippen molar-refractivity contribution in [3.63, 3.8) is 0 Å². The standard InChI is InChI=1S/C4H7N2O3P/c7-10(8,9)2-4-1-5-3-6-4/h1,3H,2H2,(H,5,6)(H2,7,8,9). The van der Waals surface area contributed by atoms with E-state index in [9.17, 15) is 4.57 Å². The van der Waals surface area contributed by atoms with Gasteiger partial charge in [-0.15, -0.1) is 0 Å². The highest BCUT2D eigenvalue weighted by atomic mass is 31.2. The Labute approximate surface area is 57.3 Å². The molecule has 0 aliphatic heterocycles. The molecule has 0 saturated heterocycles. The molecule has 0 aliphatic rings. The smallest absolute Gasteiger partial charge is 0.331 e. The maximum absolute atomic E-state index is 10.3. The zero-order chi connectivity index (χ0) is 7.61. The van der Waals surface area contributed by atoms with E-state index in [1.54, 1.807) is 0 Å². The third-order valence-electron chi connectivity index (χ3n) is 0.931. The Hall–Kier alpha value is -0.640. The molecule has 1 aromatic rings. The zero-order valence-corrected chi connectivity index (χ0v) is 5.95. The summed E-state index contributed by atoms with van der Waals surface area (Å²) in [5.41, 5.74) is 0.452. The van der Waals surface area contributed by atoms with E-state index in [1.165, 1.54) is 12.5 Å². The van der Waals surface area contributed by atoms with E-state index in [1.807, 2.05) is 0 Å². The lowest BCUT2D eigenvalue weighted by molar-refractivity contribution is 0.371. The fraction of sp³-hybridized carbons (Fsp3) is 0.250. The molecule has 0 fully saturated rings. The van der Waals surface area contributed by atoms with Crippen LogP contribution < -0.4 is 0 Å². The molecule has 0 aromatic carbocycles. The van der Waals surface area contributed by atoms with E-state index in [0.717, 1.165) is 0 Å². The molecule has 0 bridgehead atoms. The lowest BCUT2D eigenvalue weighted by Crippen LogP contribution is -1.85. The van der Waals surface area contributed by atoms with Crippen LogP contribution in [0.5, 0.6) is 0 Å². The first-order valence-electron chi connectivity index (χ1n) is 2.60. The predicted molar refractivity (Wildman–Crippen MR) is 34.3 cm³/mol. The molecular weight excluding hydrogens is 155 g/mol. The van der Waals surface area contributed by atoms with Crippen molar-refractivity contribution in [3.8, 4) is 0 Å². The molecule has 0 atom stereocenters. The molecule has 1 aromatic heterocycles. The molecule has 0 amide bonds. The lowest BCUT2D eigenvalue weighted by Gasteiger charge is -1.98. The Morgan fingerprint density at radius 3 is 2.80 bits per heavy atom. The summed E-state index contributed by atoms with van der Waals surface area (Å²) in [4.78, 5) is 23.1. The summed E-state index contributed by atoms with van der Waals surface area (Å²) in [6.07, 6.45) is 2.50. The fourth-order valence-corrected chi connectivity index (χ4v) is 1.21. The summed E-state index contributed by atoms with van der Waals surface area (Å²) < 4.78 is 10.3. The average Bonchev–Trinajstić information content (AvgIpc) is 2.12. The number of nitrogens with zero attached hydrogens (tertiary/aromatic N) is 1. The molecule has 1 rings (SSSR count). The Bertz CT molecular complexity index is 239. The molecule has 5 nitrogen and oxygen atoms in total. The number of imidazole rings is 1. The van der Waals surface area contributed by atoms with Gasteiger partial charge in [0.25, 0.3) is 0 Å². The SMILES string of the molecule is O=P(O)(O)Cc1cnc[nH]1. The second kappa shape index (κ2) is 2.54. The normalized spacial score (nSPS) is 11.8. The third kappa shape index (κ3) is 2.31. The largest absolute Gasteiger partial charge is 0.348 e. The minimum atomic E-state index is -3.93. The first-order chi connectivity index (χ1) is 4.58. The van der Waals surface area contributed by atoms with E-state index in [0.29, 0.717) is 5.69 Å². The first-order valence-corrected chi connectivity index (χ1v) is 4.39. The van der Waals surface area contributed by atoms with Crippen molar-refractivity contribution in [1.82, 2.24) is 9.97 Å². The number of rotatable bonds is 2. The second-order valence-corrected chi connectivity index (χ2v) is 3.55. The first kappa shape index (κ1) is 7.47. The van der Waals surface area contributed by atoms with E-state index in [-0.39, 0.29) is 6.16 Å². The summed E-state index contributed by atoms with van der Waals surface area (Å²) in [6, 6.07) is 0. The van der Waals surface area contributed by atoms with Gasteiger partial charge in [0.05, 0.1) is 12.5 Å². The Morgan fingerprint density at radius 2 is 2.40 bits per heavy atom. The van der Waals surface area contributed by atoms with E-state index in [4.69, 9.17) is 9.79 Å². The van der Waals surface area contributed by atoms with Crippen LogP contribution in [-0.2, 0) is 10.7 Å². The predicted octanol–water partition coefficient (Wildman–Crippen LogP) is 0.0874. The molecule has 0 aliphatic carbocycles. The minimum Gasteiger partial charge on any atom is -0.348 e. The number of aromatic amines is 1. The van der Waals surface area contributed by atoms with Crippen LogP contribution in [0.3, 0.4) is 0 Å². The molecule has 3 N–H and O–H groups in total. The van der Waals surface area contributed by atoms with Gasteiger partial charge in [-0.3, -0.25) is 4.57 Å². The summed E-state index contributed by atoms with van der Waals surface area (Å²) in [6.45, 7) is 0. The summed E-state index contributed by atoms with van der Waals surface area (Å²) in [5, 5.41) is 0. The van der Waals surface area contributed by atoms with Crippen molar-refractivity contribution in [2.45, 2.75) is 6.16 Å². The quantitative estimate of drug-likeness (QED) is 0.538. The Balaban J connectivity index is 2.66. The van der Waals surface area contributed by atoms with Crippen molar-refractivity contribution in [2.24, 2.45) is 0 Å². The summed E-state index contributed by atoms with van der Waals surface area (Å²) in [5.74, 6) is 0. The van der Waals surface area contributed by atoms with Crippen LogP contribution in [0.15, 0.2) is 12.5 Å². The minimum absolute atomic E-state index is 0.271. The highest BCUT2D eigenvalue weighted by Gasteiger charge is 2.13. The molecule has 0 saturated carbocycles. The van der Waals surface area contributed by atoms with Crippen LogP contribution in [0, 0.1) is 0 Å². The second-order valence-electron chi connectivity index (χ2n) is 1.90. The highest BCUT2D eigenvalue weighted by Crippen LogP contribution is 2.38. The summed E-state index contributed by atoms with van der Waals surface area (Å²) in [7, 11) is -3.93. The van der Waals surface area contributed by atoms with Gasteiger partial charge in [0, 0.05) is 11.9 Å². The Kier molecular flexibility index (Phi) is 1.89. The van der Waals surface area contributed by atoms with Crippen molar-refractivity contribution >= 4 is 7.60 Å². The van der Waals surface area contributed by atoms with Crippen LogP contribution in [0.2, 0.25) is 0 Å². The van der Waals surface area contributed by atoms with Gasteiger partial charge in [-0.05, 0) is 0 Å². The van der Waals surface area contributed by atoms with Gasteiger partial charge in [-0.1, -0.05) is 0 Å². The molecule has 0 spiro atoms. The van der Waals surface area contributed by atoms with Crippen LogP contribution >= 0.6 is 7.60 Å². The van der Waals surface area contributed by atoms with Crippen LogP contribution in [-0.4, -0.2) is 19.8 Å². The maximum atomic E-state index is 10.3. The fourth-order valence-electron chi connectivity index (χ4n) is 0.593. The number of hydrogen-bond acceptors (Lipinski definition) is 2. The number of H-pyrrole nitrogens is 1. The van der Waals surface area contributed by atoms with Crippen LogP contribution in [0.1, 0.15) is 5.69 Å². The van der Waals surface area contributed by atoms with Crippen molar-refractivity contribution < 1.29 is 14.4 Å². The van der Waals surface area contributed by atoms with Crippen molar-refractivity contribution in [1.29, 1.82) is 0 Å². The van der Waals surface area contributed by atoms with Gasteiger partial charge in [0.1, 0.15) is 0 Å². The van der Waals surface area contributed by atoms with Crippen molar-refractivity contribution in [2.75, 3.05) is 0 Å². The van der Waals surface area contributed by atoms with Crippen molar-refractivity contribution in [3.05, 3.63) is 18.2 Å². The molecular formula is C4H7N2O3P. The molecule has 6 heteroatoms. The van der Waals surface area contributed by atoms with Gasteiger partial charge >= 0.3 is 7.60 Å². The molecule has 1 heterocycles. The van der Waals surface area contributed by atoms with Gasteiger partial charge in [-0.2, -0.15) is 0 Å². The molecule has 0 radical (unpaired) electrons.